The first kappa shape index (κ1) is 17.9. The van der Waals surface area contributed by atoms with Gasteiger partial charge in [0.05, 0.1) is 19.6 Å². The average molecular weight is 341 g/mol. The van der Waals surface area contributed by atoms with Crippen molar-refractivity contribution in [2.24, 2.45) is 5.92 Å². The Kier molecular flexibility index (Phi) is 6.42. The molecular weight excluding hydrogens is 314 g/mol. The number of fused-ring (bicyclic) bond motifs is 1. The first-order chi connectivity index (χ1) is 12.3. The minimum atomic E-state index is 0.232. The largest absolute Gasteiger partial charge is 0.382 e. The quantitative estimate of drug-likeness (QED) is 0.726. The zero-order valence-corrected chi connectivity index (χ0v) is 14.9. The summed E-state index contributed by atoms with van der Waals surface area (Å²) in [6.07, 6.45) is 2.53. The molecule has 0 aliphatic carbocycles. The number of methoxy groups -OCH3 is 1. The van der Waals surface area contributed by atoms with Gasteiger partial charge in [-0.3, -0.25) is 4.79 Å². The van der Waals surface area contributed by atoms with E-state index in [2.05, 4.69) is 24.3 Å². The van der Waals surface area contributed by atoms with Crippen LogP contribution in [-0.2, 0) is 20.7 Å². The van der Waals surface area contributed by atoms with Crippen molar-refractivity contribution >= 4 is 16.7 Å². The van der Waals surface area contributed by atoms with Crippen molar-refractivity contribution in [3.63, 3.8) is 0 Å². The van der Waals surface area contributed by atoms with Crippen molar-refractivity contribution in [3.05, 3.63) is 48.0 Å². The van der Waals surface area contributed by atoms with Gasteiger partial charge < -0.3 is 14.4 Å². The van der Waals surface area contributed by atoms with Crippen LogP contribution in [0.3, 0.4) is 0 Å². The molecule has 0 spiro atoms. The molecule has 2 aromatic rings. The highest BCUT2D eigenvalue weighted by atomic mass is 16.5. The molecule has 0 saturated carbocycles. The molecule has 1 aliphatic heterocycles. The number of ether oxygens (including phenoxy) is 2. The van der Waals surface area contributed by atoms with E-state index >= 15 is 0 Å². The van der Waals surface area contributed by atoms with E-state index in [9.17, 15) is 4.79 Å². The fourth-order valence-corrected chi connectivity index (χ4v) is 3.46. The Morgan fingerprint density at radius 3 is 2.64 bits per heavy atom. The summed E-state index contributed by atoms with van der Waals surface area (Å²) < 4.78 is 10.6. The van der Waals surface area contributed by atoms with Gasteiger partial charge in [-0.15, -0.1) is 0 Å². The summed E-state index contributed by atoms with van der Waals surface area (Å²) in [5.74, 6) is 0.786. The normalized spacial score (nSPS) is 15.6. The summed E-state index contributed by atoms with van der Waals surface area (Å²) >= 11 is 0. The van der Waals surface area contributed by atoms with Crippen LogP contribution in [0.5, 0.6) is 0 Å². The van der Waals surface area contributed by atoms with Crippen molar-refractivity contribution < 1.29 is 14.3 Å². The molecule has 0 radical (unpaired) electrons. The Morgan fingerprint density at radius 1 is 1.08 bits per heavy atom. The van der Waals surface area contributed by atoms with Gasteiger partial charge in [-0.1, -0.05) is 42.5 Å². The number of carbonyl (C=O) groups excluding carboxylic acids is 1. The molecule has 0 atom stereocenters. The monoisotopic (exact) mass is 341 g/mol. The predicted molar refractivity (Wildman–Crippen MR) is 99.7 cm³/mol. The van der Waals surface area contributed by atoms with Crippen LogP contribution in [-0.4, -0.2) is 50.8 Å². The van der Waals surface area contributed by atoms with Crippen molar-refractivity contribution in [1.82, 2.24) is 4.90 Å². The Balaban J connectivity index is 1.51. The smallest absolute Gasteiger partial charge is 0.227 e. The Bertz CT molecular complexity index is 687. The summed E-state index contributed by atoms with van der Waals surface area (Å²) in [4.78, 5) is 14.7. The highest BCUT2D eigenvalue weighted by molar-refractivity contribution is 5.90. The number of likely N-dealkylation sites (tertiary alicyclic amines) is 1. The Hall–Kier alpha value is -1.91. The van der Waals surface area contributed by atoms with Crippen LogP contribution >= 0.6 is 0 Å². The molecule has 1 saturated heterocycles. The molecule has 1 heterocycles. The predicted octanol–water partition coefficient (Wildman–Crippen LogP) is 3.28. The number of piperidine rings is 1. The van der Waals surface area contributed by atoms with Gasteiger partial charge >= 0.3 is 0 Å². The number of nitrogens with zero attached hydrogens (tertiary/aromatic N) is 1. The molecule has 0 bridgehead atoms. The van der Waals surface area contributed by atoms with E-state index in [-0.39, 0.29) is 5.91 Å². The lowest BCUT2D eigenvalue weighted by atomic mass is 9.96. The van der Waals surface area contributed by atoms with E-state index in [0.717, 1.165) is 38.1 Å². The van der Waals surface area contributed by atoms with Gasteiger partial charge in [-0.25, -0.2) is 0 Å². The third-order valence-electron chi connectivity index (χ3n) is 4.97. The standard InChI is InChI=1S/C21H27NO3/c1-24-13-14-25-16-17-9-11-22(12-10-17)21(23)15-19-7-4-6-18-5-2-3-8-20(18)19/h2-8,17H,9-16H2,1H3. The lowest BCUT2D eigenvalue weighted by molar-refractivity contribution is -0.132. The molecule has 0 unspecified atom stereocenters. The number of hydrogen-bond acceptors (Lipinski definition) is 3. The van der Waals surface area contributed by atoms with Gasteiger partial charge in [0.15, 0.2) is 0 Å². The Labute approximate surface area is 149 Å². The van der Waals surface area contributed by atoms with Crippen molar-refractivity contribution in [2.75, 3.05) is 40.0 Å². The number of rotatable bonds is 7. The maximum atomic E-state index is 12.7. The van der Waals surface area contributed by atoms with Gasteiger partial charge in [0.1, 0.15) is 0 Å². The highest BCUT2D eigenvalue weighted by Gasteiger charge is 2.23. The van der Waals surface area contributed by atoms with Crippen LogP contribution in [0.15, 0.2) is 42.5 Å². The molecule has 4 nitrogen and oxygen atoms in total. The zero-order chi connectivity index (χ0) is 17.5. The third kappa shape index (κ3) is 4.80. The molecule has 134 valence electrons. The number of amides is 1. The first-order valence-corrected chi connectivity index (χ1v) is 9.09. The molecule has 1 amide bonds. The van der Waals surface area contributed by atoms with Gasteiger partial charge in [-0.05, 0) is 35.1 Å². The minimum Gasteiger partial charge on any atom is -0.382 e. The minimum absolute atomic E-state index is 0.232. The van der Waals surface area contributed by atoms with Crippen LogP contribution in [0, 0.1) is 5.92 Å². The fourth-order valence-electron chi connectivity index (χ4n) is 3.46. The third-order valence-corrected chi connectivity index (χ3v) is 4.97. The topological polar surface area (TPSA) is 38.8 Å². The summed E-state index contributed by atoms with van der Waals surface area (Å²) in [5, 5.41) is 2.37. The molecule has 0 aromatic heterocycles. The molecule has 25 heavy (non-hydrogen) atoms. The molecule has 1 fully saturated rings. The molecular formula is C21H27NO3. The summed E-state index contributed by atoms with van der Waals surface area (Å²) in [6, 6.07) is 14.5. The fraction of sp³-hybridized carbons (Fsp3) is 0.476. The van der Waals surface area contributed by atoms with Crippen molar-refractivity contribution in [2.45, 2.75) is 19.3 Å². The maximum Gasteiger partial charge on any atom is 0.227 e. The molecule has 3 rings (SSSR count). The second-order valence-corrected chi connectivity index (χ2v) is 6.71. The van der Waals surface area contributed by atoms with Crippen molar-refractivity contribution in [1.29, 1.82) is 0 Å². The summed E-state index contributed by atoms with van der Waals surface area (Å²) in [7, 11) is 1.68. The van der Waals surface area contributed by atoms with Gasteiger partial charge in [-0.2, -0.15) is 0 Å². The number of benzene rings is 2. The molecule has 1 aliphatic rings. The summed E-state index contributed by atoms with van der Waals surface area (Å²) in [5.41, 5.74) is 1.12. The van der Waals surface area contributed by atoms with E-state index < -0.39 is 0 Å². The number of carbonyl (C=O) groups is 1. The van der Waals surface area contributed by atoms with Crippen LogP contribution in [0.4, 0.5) is 0 Å². The lowest BCUT2D eigenvalue weighted by Crippen LogP contribution is -2.40. The SMILES string of the molecule is COCCOCC1CCN(C(=O)Cc2cccc3ccccc23)CC1. The van der Waals surface area contributed by atoms with Crippen LogP contribution in [0.2, 0.25) is 0 Å². The summed E-state index contributed by atoms with van der Waals surface area (Å²) in [6.45, 7) is 3.73. The molecule has 4 heteroatoms. The van der Waals surface area contributed by atoms with Gasteiger partial charge in [0.2, 0.25) is 5.91 Å². The lowest BCUT2D eigenvalue weighted by Gasteiger charge is -2.32. The van der Waals surface area contributed by atoms with Crippen LogP contribution in [0.25, 0.3) is 10.8 Å². The molecule has 2 aromatic carbocycles. The second-order valence-electron chi connectivity index (χ2n) is 6.71. The average Bonchev–Trinajstić information content (AvgIpc) is 2.66. The van der Waals surface area contributed by atoms with E-state index in [1.807, 2.05) is 23.1 Å². The first-order valence-electron chi connectivity index (χ1n) is 9.09. The molecule has 0 N–H and O–H groups in total. The van der Waals surface area contributed by atoms with E-state index in [1.54, 1.807) is 7.11 Å². The van der Waals surface area contributed by atoms with E-state index in [4.69, 9.17) is 9.47 Å². The van der Waals surface area contributed by atoms with Gasteiger partial charge in [0, 0.05) is 26.8 Å². The second kappa shape index (κ2) is 8.97. The zero-order valence-electron chi connectivity index (χ0n) is 14.9. The van der Waals surface area contributed by atoms with E-state index in [0.29, 0.717) is 25.6 Å². The van der Waals surface area contributed by atoms with Crippen molar-refractivity contribution in [3.8, 4) is 0 Å². The van der Waals surface area contributed by atoms with E-state index in [1.165, 1.54) is 10.8 Å². The maximum absolute atomic E-state index is 12.7. The van der Waals surface area contributed by atoms with Gasteiger partial charge in [0.25, 0.3) is 0 Å². The highest BCUT2D eigenvalue weighted by Crippen LogP contribution is 2.22. The number of hydrogen-bond donors (Lipinski definition) is 0. The Morgan fingerprint density at radius 2 is 1.84 bits per heavy atom. The van der Waals surface area contributed by atoms with Crippen LogP contribution in [0.1, 0.15) is 18.4 Å². The van der Waals surface area contributed by atoms with Crippen LogP contribution < -0.4 is 0 Å².